The quantitative estimate of drug-likeness (QED) is 0.755. The average Bonchev–Trinajstić information content (AvgIpc) is 2.38. The zero-order valence-electron chi connectivity index (χ0n) is 11.6. The third-order valence-electron chi connectivity index (χ3n) is 4.66. The summed E-state index contributed by atoms with van der Waals surface area (Å²) in [6.07, 6.45) is 12.0. The van der Waals surface area contributed by atoms with Crippen molar-refractivity contribution in [2.24, 2.45) is 0 Å². The van der Waals surface area contributed by atoms with Crippen molar-refractivity contribution in [1.82, 2.24) is 10.2 Å². The normalized spacial score (nSPS) is 25.6. The Morgan fingerprint density at radius 1 is 1.29 bits per heavy atom. The van der Waals surface area contributed by atoms with Gasteiger partial charge in [-0.2, -0.15) is 0 Å². The van der Waals surface area contributed by atoms with Crippen LogP contribution in [0.4, 0.5) is 0 Å². The smallest absolute Gasteiger partial charge is 0.0190 e. The van der Waals surface area contributed by atoms with Crippen LogP contribution in [0.15, 0.2) is 11.6 Å². The van der Waals surface area contributed by atoms with Crippen molar-refractivity contribution < 1.29 is 0 Å². The van der Waals surface area contributed by atoms with E-state index >= 15 is 0 Å². The van der Waals surface area contributed by atoms with Gasteiger partial charge in [0.25, 0.3) is 0 Å². The second-order valence-corrected chi connectivity index (χ2v) is 5.96. The van der Waals surface area contributed by atoms with Crippen LogP contribution in [-0.4, -0.2) is 37.1 Å². The van der Waals surface area contributed by atoms with Crippen molar-refractivity contribution in [2.75, 3.05) is 26.7 Å². The average molecular weight is 236 g/mol. The molecule has 0 aromatic carbocycles. The first-order valence-electron chi connectivity index (χ1n) is 7.31. The van der Waals surface area contributed by atoms with E-state index in [1.54, 1.807) is 5.57 Å². The lowest BCUT2D eigenvalue weighted by molar-refractivity contribution is 0.186. The van der Waals surface area contributed by atoms with Gasteiger partial charge in [-0.3, -0.25) is 4.90 Å². The van der Waals surface area contributed by atoms with Crippen LogP contribution in [-0.2, 0) is 0 Å². The Morgan fingerprint density at radius 3 is 2.71 bits per heavy atom. The monoisotopic (exact) mass is 236 g/mol. The summed E-state index contributed by atoms with van der Waals surface area (Å²) >= 11 is 0. The second kappa shape index (κ2) is 6.01. The van der Waals surface area contributed by atoms with E-state index in [0.717, 1.165) is 0 Å². The Labute approximate surface area is 106 Å². The molecule has 1 aliphatic heterocycles. The van der Waals surface area contributed by atoms with Crippen LogP contribution in [0.5, 0.6) is 0 Å². The minimum Gasteiger partial charge on any atom is -0.314 e. The molecule has 0 radical (unpaired) electrons. The van der Waals surface area contributed by atoms with Crippen LogP contribution in [0, 0.1) is 0 Å². The number of nitrogens with one attached hydrogen (secondary N) is 1. The summed E-state index contributed by atoms with van der Waals surface area (Å²) in [6.45, 7) is 5.99. The first-order valence-corrected chi connectivity index (χ1v) is 7.31. The predicted molar refractivity (Wildman–Crippen MR) is 74.3 cm³/mol. The zero-order valence-corrected chi connectivity index (χ0v) is 11.6. The van der Waals surface area contributed by atoms with Crippen LogP contribution in [0.1, 0.15) is 51.9 Å². The maximum absolute atomic E-state index is 3.63. The molecule has 1 fully saturated rings. The lowest BCUT2D eigenvalue weighted by atomic mass is 9.79. The van der Waals surface area contributed by atoms with Gasteiger partial charge < -0.3 is 5.32 Å². The van der Waals surface area contributed by atoms with Gasteiger partial charge in [0.05, 0.1) is 0 Å². The largest absolute Gasteiger partial charge is 0.314 e. The van der Waals surface area contributed by atoms with Gasteiger partial charge >= 0.3 is 0 Å². The van der Waals surface area contributed by atoms with Crippen molar-refractivity contribution in [2.45, 2.75) is 57.4 Å². The molecule has 0 aromatic heterocycles. The van der Waals surface area contributed by atoms with Crippen LogP contribution in [0.2, 0.25) is 0 Å². The van der Waals surface area contributed by atoms with Gasteiger partial charge in [-0.15, -0.1) is 0 Å². The fourth-order valence-electron chi connectivity index (χ4n) is 3.41. The SMILES string of the molecule is CNC1(CCN2CCC=C(C)C2)CCCCC1. The van der Waals surface area contributed by atoms with Crippen molar-refractivity contribution in [3.63, 3.8) is 0 Å². The first kappa shape index (κ1) is 13.1. The number of rotatable bonds is 4. The molecule has 0 atom stereocenters. The Hall–Kier alpha value is -0.340. The van der Waals surface area contributed by atoms with Gasteiger partial charge in [-0.25, -0.2) is 0 Å². The molecule has 0 bridgehead atoms. The maximum atomic E-state index is 3.63. The van der Waals surface area contributed by atoms with Gasteiger partial charge in [0.1, 0.15) is 0 Å². The maximum Gasteiger partial charge on any atom is 0.0190 e. The highest BCUT2D eigenvalue weighted by Gasteiger charge is 2.30. The Kier molecular flexibility index (Phi) is 4.63. The summed E-state index contributed by atoms with van der Waals surface area (Å²) in [6, 6.07) is 0. The molecule has 0 saturated heterocycles. The second-order valence-electron chi connectivity index (χ2n) is 5.96. The van der Waals surface area contributed by atoms with Gasteiger partial charge in [0.2, 0.25) is 0 Å². The molecule has 17 heavy (non-hydrogen) atoms. The van der Waals surface area contributed by atoms with Gasteiger partial charge in [0.15, 0.2) is 0 Å². The minimum absolute atomic E-state index is 0.452. The van der Waals surface area contributed by atoms with E-state index < -0.39 is 0 Å². The molecule has 0 amide bonds. The third-order valence-corrected chi connectivity index (χ3v) is 4.66. The van der Waals surface area contributed by atoms with Gasteiger partial charge in [-0.1, -0.05) is 30.9 Å². The lowest BCUT2D eigenvalue weighted by Crippen LogP contribution is -2.47. The molecule has 2 heteroatoms. The zero-order chi connectivity index (χ0) is 12.1. The van der Waals surface area contributed by atoms with Crippen molar-refractivity contribution in [3.05, 3.63) is 11.6 Å². The van der Waals surface area contributed by atoms with Crippen molar-refractivity contribution in [3.8, 4) is 0 Å². The highest BCUT2D eigenvalue weighted by molar-refractivity contribution is 5.04. The highest BCUT2D eigenvalue weighted by atomic mass is 15.1. The molecule has 0 spiro atoms. The summed E-state index contributed by atoms with van der Waals surface area (Å²) in [7, 11) is 2.16. The van der Waals surface area contributed by atoms with Crippen LogP contribution in [0.25, 0.3) is 0 Å². The number of hydrogen-bond acceptors (Lipinski definition) is 2. The Bertz CT molecular complexity index is 264. The third kappa shape index (κ3) is 3.56. The van der Waals surface area contributed by atoms with E-state index in [4.69, 9.17) is 0 Å². The van der Waals surface area contributed by atoms with E-state index in [0.29, 0.717) is 5.54 Å². The first-order chi connectivity index (χ1) is 8.24. The van der Waals surface area contributed by atoms with Gasteiger partial charge in [0, 0.05) is 25.2 Å². The molecule has 0 unspecified atom stereocenters. The van der Waals surface area contributed by atoms with Crippen molar-refractivity contribution in [1.29, 1.82) is 0 Å². The highest BCUT2D eigenvalue weighted by Crippen LogP contribution is 2.31. The molecular formula is C15H28N2. The van der Waals surface area contributed by atoms with Gasteiger partial charge in [-0.05, 0) is 39.7 Å². The summed E-state index contributed by atoms with van der Waals surface area (Å²) in [5, 5.41) is 3.63. The van der Waals surface area contributed by atoms with E-state index in [-0.39, 0.29) is 0 Å². The summed E-state index contributed by atoms with van der Waals surface area (Å²) < 4.78 is 0. The molecule has 2 aliphatic rings. The Morgan fingerprint density at radius 2 is 2.06 bits per heavy atom. The van der Waals surface area contributed by atoms with Crippen molar-refractivity contribution >= 4 is 0 Å². The summed E-state index contributed by atoms with van der Waals surface area (Å²) in [5.41, 5.74) is 2.01. The lowest BCUT2D eigenvalue weighted by Gasteiger charge is -2.39. The topological polar surface area (TPSA) is 15.3 Å². The number of hydrogen-bond donors (Lipinski definition) is 1. The fraction of sp³-hybridized carbons (Fsp3) is 0.867. The predicted octanol–water partition coefficient (Wildman–Crippen LogP) is 2.95. The van der Waals surface area contributed by atoms with E-state index in [1.165, 1.54) is 64.6 Å². The van der Waals surface area contributed by atoms with Crippen LogP contribution in [0.3, 0.4) is 0 Å². The molecule has 98 valence electrons. The number of nitrogens with zero attached hydrogens (tertiary/aromatic N) is 1. The molecule has 1 N–H and O–H groups in total. The van der Waals surface area contributed by atoms with E-state index in [1.807, 2.05) is 0 Å². The molecule has 1 aliphatic carbocycles. The van der Waals surface area contributed by atoms with E-state index in [2.05, 4.69) is 30.3 Å². The molecule has 1 heterocycles. The fourth-order valence-corrected chi connectivity index (χ4v) is 3.41. The summed E-state index contributed by atoms with van der Waals surface area (Å²) in [5.74, 6) is 0. The van der Waals surface area contributed by atoms with Crippen LogP contribution >= 0.6 is 0 Å². The standard InChI is InChI=1S/C15H28N2/c1-14-7-6-11-17(13-14)12-10-15(16-2)8-4-3-5-9-15/h7,16H,3-6,8-13H2,1-2H3. The molecule has 1 saturated carbocycles. The molecule has 2 nitrogen and oxygen atoms in total. The molecule has 0 aromatic rings. The molecular weight excluding hydrogens is 208 g/mol. The minimum atomic E-state index is 0.452. The summed E-state index contributed by atoms with van der Waals surface area (Å²) in [4.78, 5) is 2.63. The van der Waals surface area contributed by atoms with E-state index in [9.17, 15) is 0 Å². The van der Waals surface area contributed by atoms with Crippen LogP contribution < -0.4 is 5.32 Å². The Balaban J connectivity index is 1.81. The molecule has 2 rings (SSSR count).